The number of carbonyl (C=O) groups excluding carboxylic acids is 1. The number of nitrogens with zero attached hydrogens (tertiary/aromatic N) is 2. The van der Waals surface area contributed by atoms with E-state index in [1.165, 1.54) is 0 Å². The summed E-state index contributed by atoms with van der Waals surface area (Å²) in [6.07, 6.45) is 0.627. The molecule has 1 aromatic heterocycles. The molecule has 0 aliphatic carbocycles. The van der Waals surface area contributed by atoms with E-state index in [4.69, 9.17) is 4.42 Å². The number of hydrogen-bond donors (Lipinski definition) is 1. The highest BCUT2D eigenvalue weighted by molar-refractivity contribution is 6.08. The fourth-order valence-corrected chi connectivity index (χ4v) is 1.96. The van der Waals surface area contributed by atoms with Gasteiger partial charge in [0.05, 0.1) is 5.69 Å². The molecular weight excluding hydrogens is 280 g/mol. The molecule has 1 heterocycles. The summed E-state index contributed by atoms with van der Waals surface area (Å²) in [5.41, 5.74) is 0.991. The van der Waals surface area contributed by atoms with Gasteiger partial charge in [0.25, 0.3) is 5.78 Å². The Kier molecular flexibility index (Phi) is 3.78. The van der Waals surface area contributed by atoms with Crippen molar-refractivity contribution in [2.75, 3.05) is 0 Å². The molecule has 0 unspecified atom stereocenters. The first-order chi connectivity index (χ1) is 10.8. The van der Waals surface area contributed by atoms with Gasteiger partial charge in [-0.1, -0.05) is 36.4 Å². The molecule has 0 spiro atoms. The predicted molar refractivity (Wildman–Crippen MR) is 82.2 cm³/mol. The molecule has 0 aliphatic heterocycles. The van der Waals surface area contributed by atoms with E-state index in [1.807, 2.05) is 24.3 Å². The number of aliphatic hydroxyl groups excluding tert-OH is 1. The first kappa shape index (κ1) is 13.8. The first-order valence-corrected chi connectivity index (χ1v) is 6.62. The number of hydrogen-bond acceptors (Lipinski definition) is 5. The summed E-state index contributed by atoms with van der Waals surface area (Å²) in [5, 5.41) is 17.7. The Morgan fingerprint density at radius 1 is 1.05 bits per heavy atom. The molecule has 0 atom stereocenters. The fourth-order valence-electron chi connectivity index (χ4n) is 1.96. The van der Waals surface area contributed by atoms with Crippen LogP contribution in [0.3, 0.4) is 0 Å². The maximum Gasteiger partial charge on any atom is 0.251 e. The van der Waals surface area contributed by atoms with Crippen LogP contribution in [0.1, 0.15) is 10.6 Å². The Balaban J connectivity index is 1.87. The molecule has 3 aromatic rings. The molecule has 0 saturated heterocycles. The molecular formula is C17H12N2O3. The lowest BCUT2D eigenvalue weighted by Crippen LogP contribution is -1.99. The van der Waals surface area contributed by atoms with Crippen LogP contribution in [-0.4, -0.2) is 10.9 Å². The van der Waals surface area contributed by atoms with E-state index in [0.29, 0.717) is 17.5 Å². The van der Waals surface area contributed by atoms with E-state index in [0.717, 1.165) is 5.39 Å². The average molecular weight is 292 g/mol. The summed E-state index contributed by atoms with van der Waals surface area (Å²) in [6.45, 7) is 0. The quantitative estimate of drug-likeness (QED) is 0.325. The smallest absolute Gasteiger partial charge is 0.251 e. The van der Waals surface area contributed by atoms with Crippen molar-refractivity contribution in [2.45, 2.75) is 0 Å². The van der Waals surface area contributed by atoms with Gasteiger partial charge in [0, 0.05) is 5.39 Å². The van der Waals surface area contributed by atoms with Gasteiger partial charge in [-0.3, -0.25) is 4.79 Å². The topological polar surface area (TPSA) is 75.2 Å². The van der Waals surface area contributed by atoms with Gasteiger partial charge in [-0.2, -0.15) is 5.11 Å². The maximum absolute atomic E-state index is 12.3. The second-order valence-corrected chi connectivity index (χ2v) is 4.53. The highest BCUT2D eigenvalue weighted by Crippen LogP contribution is 2.22. The van der Waals surface area contributed by atoms with Crippen molar-refractivity contribution in [2.24, 2.45) is 10.2 Å². The largest absolute Gasteiger partial charge is 0.513 e. The number of rotatable bonds is 4. The minimum Gasteiger partial charge on any atom is -0.513 e. The van der Waals surface area contributed by atoms with Gasteiger partial charge < -0.3 is 9.52 Å². The first-order valence-electron chi connectivity index (χ1n) is 6.62. The lowest BCUT2D eigenvalue weighted by atomic mass is 10.2. The van der Waals surface area contributed by atoms with Crippen molar-refractivity contribution < 1.29 is 14.3 Å². The van der Waals surface area contributed by atoms with E-state index in [2.05, 4.69) is 10.2 Å². The molecule has 3 rings (SSSR count). The van der Waals surface area contributed by atoms with Crippen LogP contribution in [0, 0.1) is 0 Å². The molecule has 0 radical (unpaired) electrons. The summed E-state index contributed by atoms with van der Waals surface area (Å²) in [4.78, 5) is 12.3. The van der Waals surface area contributed by atoms with Gasteiger partial charge in [0.15, 0.2) is 11.5 Å². The Hall–Kier alpha value is -3.21. The molecule has 0 amide bonds. The number of furan rings is 1. The van der Waals surface area contributed by atoms with E-state index in [1.54, 1.807) is 36.4 Å². The van der Waals surface area contributed by atoms with Crippen molar-refractivity contribution in [3.05, 3.63) is 78.4 Å². The van der Waals surface area contributed by atoms with Crippen LogP contribution < -0.4 is 0 Å². The Morgan fingerprint density at radius 2 is 1.77 bits per heavy atom. The highest BCUT2D eigenvalue weighted by Gasteiger charge is 2.17. The van der Waals surface area contributed by atoms with Crippen LogP contribution >= 0.6 is 0 Å². The number of allylic oxidation sites excluding steroid dienone is 1. The van der Waals surface area contributed by atoms with E-state index in [-0.39, 0.29) is 11.5 Å². The van der Waals surface area contributed by atoms with Crippen molar-refractivity contribution >= 4 is 22.4 Å². The lowest BCUT2D eigenvalue weighted by molar-refractivity contribution is 0.100. The Labute approximate surface area is 126 Å². The Morgan fingerprint density at radius 3 is 2.50 bits per heavy atom. The summed E-state index contributed by atoms with van der Waals surface area (Å²) in [6, 6.07) is 17.8. The monoisotopic (exact) mass is 292 g/mol. The van der Waals surface area contributed by atoms with Crippen molar-refractivity contribution in [3.63, 3.8) is 0 Å². The van der Waals surface area contributed by atoms with E-state index < -0.39 is 5.78 Å². The zero-order chi connectivity index (χ0) is 15.4. The molecule has 108 valence electrons. The summed E-state index contributed by atoms with van der Waals surface area (Å²) < 4.78 is 5.46. The van der Waals surface area contributed by atoms with Gasteiger partial charge in [-0.25, -0.2) is 0 Å². The number of fused-ring (bicyclic) bond motifs is 1. The molecule has 2 aromatic carbocycles. The van der Waals surface area contributed by atoms with Gasteiger partial charge >= 0.3 is 0 Å². The molecule has 5 heteroatoms. The van der Waals surface area contributed by atoms with Crippen molar-refractivity contribution in [3.8, 4) is 0 Å². The number of Topliss-reactive ketones (excluding diaryl/α,β-unsaturated/α-hetero) is 1. The van der Waals surface area contributed by atoms with Gasteiger partial charge in [-0.05, 0) is 24.3 Å². The van der Waals surface area contributed by atoms with E-state index in [9.17, 15) is 9.90 Å². The molecule has 1 N–H and O–H groups in total. The third-order valence-corrected chi connectivity index (χ3v) is 3.03. The van der Waals surface area contributed by atoms with Crippen molar-refractivity contribution in [1.29, 1.82) is 0 Å². The average Bonchev–Trinajstić information content (AvgIpc) is 3.00. The van der Waals surface area contributed by atoms with Crippen LogP contribution in [0.2, 0.25) is 0 Å². The van der Waals surface area contributed by atoms with Crippen LogP contribution in [0.4, 0.5) is 5.69 Å². The molecule has 22 heavy (non-hydrogen) atoms. The zero-order valence-corrected chi connectivity index (χ0v) is 11.5. The van der Waals surface area contributed by atoms with Crippen LogP contribution in [0.15, 0.2) is 87.3 Å². The maximum atomic E-state index is 12.3. The second kappa shape index (κ2) is 6.05. The van der Waals surface area contributed by atoms with E-state index >= 15 is 0 Å². The van der Waals surface area contributed by atoms with Gasteiger partial charge in [0.2, 0.25) is 0 Å². The normalized spacial score (nSPS) is 12.1. The number of benzene rings is 2. The number of para-hydroxylation sites is 1. The zero-order valence-electron chi connectivity index (χ0n) is 11.5. The third kappa shape index (κ3) is 2.78. The SMILES string of the molecule is O=C(/C(=C\O)N=Nc1ccccc1)c1cc2ccccc2o1. The summed E-state index contributed by atoms with van der Waals surface area (Å²) in [5.74, 6) is -0.424. The van der Waals surface area contributed by atoms with Crippen molar-refractivity contribution in [1.82, 2.24) is 0 Å². The minimum atomic E-state index is -0.529. The number of aliphatic hydroxyl groups is 1. The summed E-state index contributed by atoms with van der Waals surface area (Å²) in [7, 11) is 0. The minimum absolute atomic E-state index is 0.105. The lowest BCUT2D eigenvalue weighted by Gasteiger charge is -1.95. The molecule has 0 bridgehead atoms. The fraction of sp³-hybridized carbons (Fsp3) is 0. The molecule has 5 nitrogen and oxygen atoms in total. The second-order valence-electron chi connectivity index (χ2n) is 4.53. The van der Waals surface area contributed by atoms with Crippen LogP contribution in [0.5, 0.6) is 0 Å². The van der Waals surface area contributed by atoms with Crippen LogP contribution in [0.25, 0.3) is 11.0 Å². The van der Waals surface area contributed by atoms with Gasteiger partial charge in [-0.15, -0.1) is 5.11 Å². The third-order valence-electron chi connectivity index (χ3n) is 3.03. The van der Waals surface area contributed by atoms with Crippen LogP contribution in [-0.2, 0) is 0 Å². The number of azo groups is 1. The number of carbonyl (C=O) groups is 1. The number of ketones is 1. The molecule has 0 saturated carbocycles. The Bertz CT molecular complexity index is 831. The predicted octanol–water partition coefficient (Wildman–Crippen LogP) is 4.80. The van der Waals surface area contributed by atoms with Gasteiger partial charge in [0.1, 0.15) is 11.8 Å². The standard InChI is InChI=1S/C17H12N2O3/c20-11-14(19-18-13-7-2-1-3-8-13)17(21)16-10-12-6-4-5-9-15(12)22-16/h1-11,20H/b14-11+,19-18?. The molecule has 0 aliphatic rings. The highest BCUT2D eigenvalue weighted by atomic mass is 16.3. The summed E-state index contributed by atoms with van der Waals surface area (Å²) >= 11 is 0. The molecule has 0 fully saturated rings.